The number of carbonyl (C=O) groups is 3. The molecule has 0 spiro atoms. The van der Waals surface area contributed by atoms with E-state index < -0.39 is 18.0 Å². The molecule has 0 heterocycles. The Hall–Kier alpha value is -1.63. The van der Waals surface area contributed by atoms with Gasteiger partial charge in [0.2, 0.25) is 5.91 Å². The van der Waals surface area contributed by atoms with Gasteiger partial charge >= 0.3 is 11.9 Å². The molecule has 1 aliphatic carbocycles. The highest BCUT2D eigenvalue weighted by atomic mass is 16.4. The van der Waals surface area contributed by atoms with E-state index in [4.69, 9.17) is 15.9 Å². The first-order valence-corrected chi connectivity index (χ1v) is 6.88. The van der Waals surface area contributed by atoms with Crippen molar-refractivity contribution in [3.05, 3.63) is 0 Å². The molecule has 7 nitrogen and oxygen atoms in total. The quantitative estimate of drug-likeness (QED) is 0.528. The van der Waals surface area contributed by atoms with Gasteiger partial charge in [0, 0.05) is 13.0 Å². The smallest absolute Gasteiger partial charge is 0.306 e. The van der Waals surface area contributed by atoms with Crippen LogP contribution >= 0.6 is 0 Å². The highest BCUT2D eigenvalue weighted by molar-refractivity contribution is 5.82. The Bertz CT molecular complexity index is 364. The van der Waals surface area contributed by atoms with Crippen LogP contribution in [0.25, 0.3) is 0 Å². The maximum absolute atomic E-state index is 11.6. The average molecular weight is 286 g/mol. The van der Waals surface area contributed by atoms with Crippen LogP contribution in [-0.4, -0.2) is 40.6 Å². The van der Waals surface area contributed by atoms with Gasteiger partial charge in [0.05, 0.1) is 12.0 Å². The molecule has 1 rings (SSSR count). The molecule has 7 heteroatoms. The standard InChI is InChI=1S/C13H22N2O5/c14-10(5-6-11(16)17)12(18)15-7-8-1-3-9(4-2-8)13(19)20/h8-10H,1-7,14H2,(H,15,18)(H,16,17)(H,19,20). The highest BCUT2D eigenvalue weighted by Gasteiger charge is 2.26. The zero-order valence-corrected chi connectivity index (χ0v) is 11.4. The third-order valence-electron chi connectivity index (χ3n) is 3.77. The molecule has 1 aliphatic rings. The molecule has 0 aromatic carbocycles. The lowest BCUT2D eigenvalue weighted by Crippen LogP contribution is -2.43. The summed E-state index contributed by atoms with van der Waals surface area (Å²) in [4.78, 5) is 32.8. The van der Waals surface area contributed by atoms with Gasteiger partial charge in [-0.05, 0) is 38.0 Å². The second-order valence-corrected chi connectivity index (χ2v) is 5.34. The maximum atomic E-state index is 11.6. The van der Waals surface area contributed by atoms with Crippen LogP contribution in [0.4, 0.5) is 0 Å². The van der Waals surface area contributed by atoms with Gasteiger partial charge in [0.1, 0.15) is 0 Å². The average Bonchev–Trinajstić information content (AvgIpc) is 2.42. The molecule has 1 amide bonds. The van der Waals surface area contributed by atoms with Crippen LogP contribution in [0.2, 0.25) is 0 Å². The molecule has 20 heavy (non-hydrogen) atoms. The largest absolute Gasteiger partial charge is 0.481 e. The van der Waals surface area contributed by atoms with E-state index in [1.165, 1.54) is 0 Å². The van der Waals surface area contributed by atoms with E-state index in [1.807, 2.05) is 0 Å². The van der Waals surface area contributed by atoms with E-state index in [1.54, 1.807) is 0 Å². The van der Waals surface area contributed by atoms with Crippen molar-refractivity contribution in [1.82, 2.24) is 5.32 Å². The summed E-state index contributed by atoms with van der Waals surface area (Å²) in [6.45, 7) is 0.478. The minimum absolute atomic E-state index is 0.118. The van der Waals surface area contributed by atoms with Gasteiger partial charge in [-0.2, -0.15) is 0 Å². The third kappa shape index (κ3) is 5.56. The molecule has 0 aromatic rings. The van der Waals surface area contributed by atoms with Crippen LogP contribution in [0.5, 0.6) is 0 Å². The molecule has 5 N–H and O–H groups in total. The van der Waals surface area contributed by atoms with Gasteiger partial charge in [-0.25, -0.2) is 0 Å². The number of amides is 1. The first-order valence-electron chi connectivity index (χ1n) is 6.88. The lowest BCUT2D eigenvalue weighted by Gasteiger charge is -2.26. The second-order valence-electron chi connectivity index (χ2n) is 5.34. The van der Waals surface area contributed by atoms with Gasteiger partial charge in [0.15, 0.2) is 0 Å². The van der Waals surface area contributed by atoms with Crippen molar-refractivity contribution in [3.8, 4) is 0 Å². The van der Waals surface area contributed by atoms with Crippen LogP contribution in [-0.2, 0) is 14.4 Å². The monoisotopic (exact) mass is 286 g/mol. The molecule has 1 atom stereocenters. The fourth-order valence-corrected chi connectivity index (χ4v) is 2.40. The molecule has 0 aromatic heterocycles. The number of carboxylic acids is 2. The number of carbonyl (C=O) groups excluding carboxylic acids is 1. The van der Waals surface area contributed by atoms with Crippen molar-refractivity contribution in [1.29, 1.82) is 0 Å². The summed E-state index contributed by atoms with van der Waals surface area (Å²) in [6.07, 6.45) is 2.83. The topological polar surface area (TPSA) is 130 Å². The van der Waals surface area contributed by atoms with Crippen molar-refractivity contribution < 1.29 is 24.6 Å². The van der Waals surface area contributed by atoms with E-state index >= 15 is 0 Å². The molecule has 0 radical (unpaired) electrons. The van der Waals surface area contributed by atoms with E-state index in [0.29, 0.717) is 19.4 Å². The minimum atomic E-state index is -0.972. The van der Waals surface area contributed by atoms with Crippen molar-refractivity contribution in [3.63, 3.8) is 0 Å². The van der Waals surface area contributed by atoms with Crippen LogP contribution in [0.3, 0.4) is 0 Å². The zero-order chi connectivity index (χ0) is 15.1. The molecular weight excluding hydrogens is 264 g/mol. The van der Waals surface area contributed by atoms with Gasteiger partial charge in [-0.15, -0.1) is 0 Å². The molecular formula is C13H22N2O5. The fourth-order valence-electron chi connectivity index (χ4n) is 2.40. The van der Waals surface area contributed by atoms with Gasteiger partial charge in [-0.3, -0.25) is 14.4 Å². The number of hydrogen-bond acceptors (Lipinski definition) is 4. The first-order chi connectivity index (χ1) is 9.40. The molecule has 0 aliphatic heterocycles. The molecule has 0 bridgehead atoms. The predicted molar refractivity (Wildman–Crippen MR) is 70.9 cm³/mol. The Morgan fingerprint density at radius 1 is 1.15 bits per heavy atom. The lowest BCUT2D eigenvalue weighted by molar-refractivity contribution is -0.143. The number of rotatable bonds is 7. The molecule has 114 valence electrons. The van der Waals surface area contributed by atoms with Crippen molar-refractivity contribution in [2.75, 3.05) is 6.54 Å². The maximum Gasteiger partial charge on any atom is 0.306 e. The van der Waals surface area contributed by atoms with Crippen LogP contribution in [0, 0.1) is 11.8 Å². The number of aliphatic carboxylic acids is 2. The number of carboxylic acid groups (broad SMARTS) is 2. The fraction of sp³-hybridized carbons (Fsp3) is 0.769. The van der Waals surface area contributed by atoms with E-state index in [9.17, 15) is 14.4 Å². The second kappa shape index (κ2) is 7.84. The summed E-state index contributed by atoms with van der Waals surface area (Å²) in [5.41, 5.74) is 5.59. The van der Waals surface area contributed by atoms with Crippen LogP contribution < -0.4 is 11.1 Å². The summed E-state index contributed by atoms with van der Waals surface area (Å²) < 4.78 is 0. The summed E-state index contributed by atoms with van der Waals surface area (Å²) in [5, 5.41) is 20.1. The zero-order valence-electron chi connectivity index (χ0n) is 11.4. The van der Waals surface area contributed by atoms with E-state index in [-0.39, 0.29) is 30.6 Å². The molecule has 1 saturated carbocycles. The van der Waals surface area contributed by atoms with Crippen LogP contribution in [0.15, 0.2) is 0 Å². The lowest BCUT2D eigenvalue weighted by atomic mass is 9.82. The Balaban J connectivity index is 2.21. The summed E-state index contributed by atoms with van der Waals surface area (Å²) in [7, 11) is 0. The predicted octanol–water partition coefficient (Wildman–Crippen LogP) is 0.186. The molecule has 0 saturated heterocycles. The van der Waals surface area contributed by atoms with Crippen molar-refractivity contribution >= 4 is 17.8 Å². The minimum Gasteiger partial charge on any atom is -0.481 e. The van der Waals surface area contributed by atoms with Gasteiger partial charge < -0.3 is 21.3 Å². The van der Waals surface area contributed by atoms with Gasteiger partial charge in [0.25, 0.3) is 0 Å². The van der Waals surface area contributed by atoms with Crippen LogP contribution in [0.1, 0.15) is 38.5 Å². The number of nitrogens with one attached hydrogen (secondary N) is 1. The third-order valence-corrected chi connectivity index (χ3v) is 3.77. The normalized spacial score (nSPS) is 23.9. The highest BCUT2D eigenvalue weighted by Crippen LogP contribution is 2.28. The molecule has 1 unspecified atom stereocenters. The van der Waals surface area contributed by atoms with E-state index in [2.05, 4.69) is 5.32 Å². The first kappa shape index (κ1) is 16.4. The Labute approximate surface area is 117 Å². The Morgan fingerprint density at radius 3 is 2.25 bits per heavy atom. The SMILES string of the molecule is NC(CCC(=O)O)C(=O)NCC1CCC(C(=O)O)CC1. The summed E-state index contributed by atoms with van der Waals surface area (Å²) in [5.74, 6) is -2.05. The Morgan fingerprint density at radius 2 is 1.75 bits per heavy atom. The summed E-state index contributed by atoms with van der Waals surface area (Å²) in [6, 6.07) is -0.804. The van der Waals surface area contributed by atoms with Gasteiger partial charge in [-0.1, -0.05) is 0 Å². The Kier molecular flexibility index (Phi) is 6.44. The number of nitrogens with two attached hydrogens (primary N) is 1. The summed E-state index contributed by atoms with van der Waals surface area (Å²) >= 11 is 0. The van der Waals surface area contributed by atoms with E-state index in [0.717, 1.165) is 12.8 Å². The number of hydrogen-bond donors (Lipinski definition) is 4. The van der Waals surface area contributed by atoms with Crippen molar-refractivity contribution in [2.45, 2.75) is 44.6 Å². The molecule has 1 fully saturated rings. The van der Waals surface area contributed by atoms with Crippen molar-refractivity contribution in [2.24, 2.45) is 17.6 Å².